The largest absolute Gasteiger partial charge is 0.373 e. The third kappa shape index (κ3) is 2.46. The van der Waals surface area contributed by atoms with E-state index in [0.29, 0.717) is 0 Å². The molecule has 1 heteroatoms. The van der Waals surface area contributed by atoms with Gasteiger partial charge in [-0.25, -0.2) is 0 Å². The highest BCUT2D eigenvalue weighted by Gasteiger charge is 2.19. The summed E-state index contributed by atoms with van der Waals surface area (Å²) in [5, 5.41) is 0. The fourth-order valence-electron chi connectivity index (χ4n) is 2.66. The Bertz CT molecular complexity index is 504. The lowest BCUT2D eigenvalue weighted by Gasteiger charge is -2.26. The third-order valence-electron chi connectivity index (χ3n) is 3.63. The second kappa shape index (κ2) is 5.36. The van der Waals surface area contributed by atoms with E-state index in [-0.39, 0.29) is 6.10 Å². The second-order valence-electron chi connectivity index (χ2n) is 4.83. The van der Waals surface area contributed by atoms with Crippen LogP contribution in [-0.4, -0.2) is 6.61 Å². The molecule has 0 aromatic heterocycles. The Hall–Kier alpha value is -1.60. The molecule has 0 fully saturated rings. The molecule has 0 radical (unpaired) electrons. The molecule has 0 bridgehead atoms. The van der Waals surface area contributed by atoms with Crippen molar-refractivity contribution in [1.82, 2.24) is 0 Å². The van der Waals surface area contributed by atoms with Crippen LogP contribution in [0.4, 0.5) is 0 Å². The SMILES string of the molecule is c1ccc(CC[C@H]2OCCc3ccccc32)cc1. The molecule has 1 nitrogen and oxygen atoms in total. The molecule has 0 N–H and O–H groups in total. The number of aryl methyl sites for hydroxylation is 1. The van der Waals surface area contributed by atoms with E-state index in [2.05, 4.69) is 54.6 Å². The van der Waals surface area contributed by atoms with E-state index >= 15 is 0 Å². The molecule has 3 rings (SSSR count). The van der Waals surface area contributed by atoms with Gasteiger partial charge in [-0.05, 0) is 36.0 Å². The van der Waals surface area contributed by atoms with Crippen molar-refractivity contribution in [2.24, 2.45) is 0 Å². The first-order chi connectivity index (χ1) is 8.93. The van der Waals surface area contributed by atoms with Crippen molar-refractivity contribution in [3.05, 3.63) is 71.3 Å². The maximum atomic E-state index is 5.93. The number of benzene rings is 2. The van der Waals surface area contributed by atoms with Crippen molar-refractivity contribution in [3.63, 3.8) is 0 Å². The maximum Gasteiger partial charge on any atom is 0.0830 e. The van der Waals surface area contributed by atoms with Gasteiger partial charge in [0.25, 0.3) is 0 Å². The normalized spacial score (nSPS) is 18.3. The van der Waals surface area contributed by atoms with Crippen LogP contribution in [0, 0.1) is 0 Å². The van der Waals surface area contributed by atoms with E-state index in [0.717, 1.165) is 25.9 Å². The second-order valence-corrected chi connectivity index (χ2v) is 4.83. The summed E-state index contributed by atoms with van der Waals surface area (Å²) in [6.45, 7) is 0.858. The highest BCUT2D eigenvalue weighted by molar-refractivity contribution is 5.31. The number of fused-ring (bicyclic) bond motifs is 1. The number of hydrogen-bond donors (Lipinski definition) is 0. The number of hydrogen-bond acceptors (Lipinski definition) is 1. The van der Waals surface area contributed by atoms with Crippen LogP contribution >= 0.6 is 0 Å². The third-order valence-corrected chi connectivity index (χ3v) is 3.63. The van der Waals surface area contributed by atoms with Crippen molar-refractivity contribution >= 4 is 0 Å². The Morgan fingerprint density at radius 2 is 1.72 bits per heavy atom. The Kier molecular flexibility index (Phi) is 3.42. The van der Waals surface area contributed by atoms with Crippen LogP contribution in [0.25, 0.3) is 0 Å². The van der Waals surface area contributed by atoms with E-state index in [9.17, 15) is 0 Å². The quantitative estimate of drug-likeness (QED) is 0.787. The molecule has 18 heavy (non-hydrogen) atoms. The van der Waals surface area contributed by atoms with Crippen molar-refractivity contribution in [3.8, 4) is 0 Å². The smallest absolute Gasteiger partial charge is 0.0830 e. The molecule has 92 valence electrons. The van der Waals surface area contributed by atoms with E-state index in [1.165, 1.54) is 16.7 Å². The highest BCUT2D eigenvalue weighted by atomic mass is 16.5. The lowest BCUT2D eigenvalue weighted by atomic mass is 9.94. The average molecular weight is 238 g/mol. The molecule has 1 atom stereocenters. The lowest BCUT2D eigenvalue weighted by Crippen LogP contribution is -2.16. The summed E-state index contributed by atoms with van der Waals surface area (Å²) in [6.07, 6.45) is 3.48. The monoisotopic (exact) mass is 238 g/mol. The van der Waals surface area contributed by atoms with Crippen molar-refractivity contribution in [2.45, 2.75) is 25.4 Å². The van der Waals surface area contributed by atoms with Gasteiger partial charge in [0.05, 0.1) is 12.7 Å². The molecule has 0 spiro atoms. The zero-order valence-electron chi connectivity index (χ0n) is 10.5. The molecule has 0 saturated heterocycles. The zero-order chi connectivity index (χ0) is 12.2. The summed E-state index contributed by atoms with van der Waals surface area (Å²) < 4.78 is 5.93. The van der Waals surface area contributed by atoms with Gasteiger partial charge < -0.3 is 4.74 Å². The van der Waals surface area contributed by atoms with Gasteiger partial charge >= 0.3 is 0 Å². The summed E-state index contributed by atoms with van der Waals surface area (Å²) in [5.74, 6) is 0. The van der Waals surface area contributed by atoms with Gasteiger partial charge in [-0.3, -0.25) is 0 Å². The fraction of sp³-hybridized carbons (Fsp3) is 0.294. The van der Waals surface area contributed by atoms with Gasteiger partial charge in [-0.15, -0.1) is 0 Å². The Morgan fingerprint density at radius 3 is 2.61 bits per heavy atom. The topological polar surface area (TPSA) is 9.23 Å². The summed E-state index contributed by atoms with van der Waals surface area (Å²) in [7, 11) is 0. The molecular formula is C17H18O. The van der Waals surface area contributed by atoms with E-state index in [4.69, 9.17) is 4.74 Å². The van der Waals surface area contributed by atoms with Crippen molar-refractivity contribution < 1.29 is 4.74 Å². The van der Waals surface area contributed by atoms with Gasteiger partial charge in [0.15, 0.2) is 0 Å². The molecule has 1 heterocycles. The molecule has 1 aliphatic heterocycles. The highest BCUT2D eigenvalue weighted by Crippen LogP contribution is 2.30. The summed E-state index contributed by atoms with van der Waals surface area (Å²) in [6, 6.07) is 19.3. The van der Waals surface area contributed by atoms with Crippen LogP contribution in [0.15, 0.2) is 54.6 Å². The Balaban J connectivity index is 1.71. The minimum absolute atomic E-state index is 0.273. The number of rotatable bonds is 3. The summed E-state index contributed by atoms with van der Waals surface area (Å²) in [4.78, 5) is 0. The predicted octanol–water partition coefficient (Wildman–Crippen LogP) is 3.93. The lowest BCUT2D eigenvalue weighted by molar-refractivity contribution is 0.0368. The Labute approximate surface area is 108 Å². The molecule has 0 saturated carbocycles. The molecule has 0 unspecified atom stereocenters. The molecule has 1 aliphatic rings. The standard InChI is InChI=1S/C17H18O/c1-2-6-14(7-3-1)10-11-17-16-9-5-4-8-15(16)12-13-18-17/h1-9,17H,10-13H2/t17-/m1/s1. The van der Waals surface area contributed by atoms with E-state index in [1.807, 2.05) is 0 Å². The molecular weight excluding hydrogens is 220 g/mol. The molecule has 0 aliphatic carbocycles. The van der Waals surface area contributed by atoms with Crippen LogP contribution in [0.5, 0.6) is 0 Å². The minimum Gasteiger partial charge on any atom is -0.373 e. The van der Waals surface area contributed by atoms with Crippen LogP contribution in [0.3, 0.4) is 0 Å². The van der Waals surface area contributed by atoms with Crippen LogP contribution in [-0.2, 0) is 17.6 Å². The minimum atomic E-state index is 0.273. The van der Waals surface area contributed by atoms with Gasteiger partial charge in [0.1, 0.15) is 0 Å². The average Bonchev–Trinajstić information content (AvgIpc) is 2.46. The van der Waals surface area contributed by atoms with Gasteiger partial charge in [0, 0.05) is 0 Å². The zero-order valence-corrected chi connectivity index (χ0v) is 10.5. The molecule has 0 amide bonds. The van der Waals surface area contributed by atoms with Crippen LogP contribution < -0.4 is 0 Å². The predicted molar refractivity (Wildman–Crippen MR) is 73.6 cm³/mol. The Morgan fingerprint density at radius 1 is 0.944 bits per heavy atom. The van der Waals surface area contributed by atoms with Gasteiger partial charge in [-0.1, -0.05) is 54.6 Å². The first-order valence-electron chi connectivity index (χ1n) is 6.67. The van der Waals surface area contributed by atoms with E-state index < -0.39 is 0 Å². The van der Waals surface area contributed by atoms with Gasteiger partial charge in [-0.2, -0.15) is 0 Å². The first-order valence-corrected chi connectivity index (χ1v) is 6.67. The van der Waals surface area contributed by atoms with Crippen LogP contribution in [0.2, 0.25) is 0 Å². The van der Waals surface area contributed by atoms with Crippen LogP contribution in [0.1, 0.15) is 29.2 Å². The summed E-state index contributed by atoms with van der Waals surface area (Å²) in [5.41, 5.74) is 4.24. The van der Waals surface area contributed by atoms with Crippen molar-refractivity contribution in [2.75, 3.05) is 6.61 Å². The molecule has 2 aromatic rings. The maximum absolute atomic E-state index is 5.93. The fourth-order valence-corrected chi connectivity index (χ4v) is 2.66. The van der Waals surface area contributed by atoms with Crippen molar-refractivity contribution in [1.29, 1.82) is 0 Å². The molecule has 2 aromatic carbocycles. The number of ether oxygens (including phenoxy) is 1. The summed E-state index contributed by atoms with van der Waals surface area (Å²) >= 11 is 0. The first kappa shape index (κ1) is 11.5. The van der Waals surface area contributed by atoms with E-state index in [1.54, 1.807) is 0 Å². The van der Waals surface area contributed by atoms with Gasteiger partial charge in [0.2, 0.25) is 0 Å².